The molecule has 0 aliphatic carbocycles. The zero-order valence-corrected chi connectivity index (χ0v) is 20.3. The van der Waals surface area contributed by atoms with Crippen molar-refractivity contribution in [2.24, 2.45) is 0 Å². The van der Waals surface area contributed by atoms with Crippen molar-refractivity contribution in [3.63, 3.8) is 0 Å². The lowest BCUT2D eigenvalue weighted by Crippen LogP contribution is -2.41. The Morgan fingerprint density at radius 1 is 1.14 bits per heavy atom. The first-order valence-corrected chi connectivity index (χ1v) is 11.9. The number of carbonyl (C=O) groups excluding carboxylic acids is 1. The van der Waals surface area contributed by atoms with Crippen molar-refractivity contribution in [3.05, 3.63) is 47.7 Å². The minimum Gasteiger partial charge on any atom is -0.476 e. The summed E-state index contributed by atoms with van der Waals surface area (Å²) in [6.07, 6.45) is -2.02. The lowest BCUT2D eigenvalue weighted by molar-refractivity contribution is -0.141. The second-order valence-electron chi connectivity index (χ2n) is 8.27. The normalized spacial score (nSPS) is 15.8. The summed E-state index contributed by atoms with van der Waals surface area (Å²) < 4.78 is 74.2. The van der Waals surface area contributed by atoms with Gasteiger partial charge in [-0.25, -0.2) is 23.7 Å². The molecule has 0 saturated carbocycles. The number of piperidine rings is 1. The van der Waals surface area contributed by atoms with Gasteiger partial charge in [-0.3, -0.25) is 9.69 Å². The monoisotopic (exact) mass is 543 g/mol. The Balaban J connectivity index is 1.31. The van der Waals surface area contributed by atoms with Crippen LogP contribution >= 0.6 is 11.5 Å². The number of nitrogens with one attached hydrogen (secondary N) is 2. The van der Waals surface area contributed by atoms with Gasteiger partial charge in [-0.15, -0.1) is 0 Å². The van der Waals surface area contributed by atoms with Crippen LogP contribution in [0.3, 0.4) is 0 Å². The first-order chi connectivity index (χ1) is 17.5. The van der Waals surface area contributed by atoms with Gasteiger partial charge in [-0.2, -0.15) is 17.5 Å². The van der Waals surface area contributed by atoms with Crippen molar-refractivity contribution in [2.45, 2.75) is 31.9 Å². The van der Waals surface area contributed by atoms with E-state index in [-0.39, 0.29) is 35.8 Å². The Hall–Kier alpha value is -3.46. The average Bonchev–Trinajstić information content (AvgIpc) is 3.21. The molecule has 1 amide bonds. The molecule has 0 bridgehead atoms. The smallest absolute Gasteiger partial charge is 0.434 e. The molecule has 198 valence electrons. The van der Waals surface area contributed by atoms with Crippen LogP contribution in [-0.4, -0.2) is 62.3 Å². The van der Waals surface area contributed by atoms with E-state index in [0.717, 1.165) is 17.7 Å². The molecule has 3 aromatic heterocycles. The highest BCUT2D eigenvalue weighted by atomic mass is 32.1. The fraction of sp³-hybridized carbons (Fsp3) is 0.409. The standard InChI is InChI=1S/C22H22F5N7O2S/c1-13-18(20(37-33-13)32-16-12-28-15(11-29-16)22(25,26)27)19(35)31-14-2-3-17(30-10-14)36-9-8-34-6-4-21(23,24)5-7-34/h2-3,10-12H,4-9H2,1H3,(H,29,32)(H,31,35). The molecule has 1 aliphatic heterocycles. The van der Waals surface area contributed by atoms with Crippen LogP contribution in [0, 0.1) is 6.92 Å². The Morgan fingerprint density at radius 2 is 1.89 bits per heavy atom. The van der Waals surface area contributed by atoms with Gasteiger partial charge in [0, 0.05) is 38.5 Å². The SMILES string of the molecule is Cc1nsc(Nc2cnc(C(F)(F)F)cn2)c1C(=O)Nc1ccc(OCCN2CCC(F)(F)CC2)nc1. The van der Waals surface area contributed by atoms with Crippen LogP contribution in [0.1, 0.15) is 34.6 Å². The number of rotatable bonds is 8. The molecule has 0 spiro atoms. The third-order valence-electron chi connectivity index (χ3n) is 5.51. The number of pyridine rings is 1. The summed E-state index contributed by atoms with van der Waals surface area (Å²) >= 11 is 0.950. The van der Waals surface area contributed by atoms with E-state index in [2.05, 4.69) is 30.0 Å². The zero-order chi connectivity index (χ0) is 26.6. The van der Waals surface area contributed by atoms with Crippen molar-refractivity contribution in [1.82, 2.24) is 24.2 Å². The van der Waals surface area contributed by atoms with E-state index in [0.29, 0.717) is 43.1 Å². The van der Waals surface area contributed by atoms with Crippen LogP contribution in [0.2, 0.25) is 0 Å². The van der Waals surface area contributed by atoms with E-state index in [4.69, 9.17) is 4.74 Å². The molecule has 1 aliphatic rings. The molecular formula is C22H22F5N7O2S. The fourth-order valence-corrected chi connectivity index (χ4v) is 4.30. The minimum atomic E-state index is -4.61. The van der Waals surface area contributed by atoms with Crippen LogP contribution < -0.4 is 15.4 Å². The van der Waals surface area contributed by atoms with Crippen molar-refractivity contribution in [2.75, 3.05) is 36.9 Å². The third kappa shape index (κ3) is 7.07. The summed E-state index contributed by atoms with van der Waals surface area (Å²) in [7, 11) is 0. The quantitative estimate of drug-likeness (QED) is 0.392. The van der Waals surface area contributed by atoms with Crippen molar-refractivity contribution >= 4 is 33.9 Å². The summed E-state index contributed by atoms with van der Waals surface area (Å²) in [5, 5.41) is 5.75. The van der Waals surface area contributed by atoms with Crippen LogP contribution in [0.4, 0.5) is 38.5 Å². The number of hydrogen-bond donors (Lipinski definition) is 2. The second kappa shape index (κ2) is 10.9. The van der Waals surface area contributed by atoms with Gasteiger partial charge in [0.05, 0.1) is 35.5 Å². The van der Waals surface area contributed by atoms with E-state index in [1.165, 1.54) is 6.20 Å². The van der Waals surface area contributed by atoms with Crippen molar-refractivity contribution in [1.29, 1.82) is 0 Å². The number of nitrogens with zero attached hydrogens (tertiary/aromatic N) is 5. The minimum absolute atomic E-state index is 0.0205. The van der Waals surface area contributed by atoms with Crippen LogP contribution in [-0.2, 0) is 6.18 Å². The Morgan fingerprint density at radius 3 is 2.51 bits per heavy atom. The Kier molecular flexibility index (Phi) is 7.82. The predicted octanol–water partition coefficient (Wildman–Crippen LogP) is 4.76. The summed E-state index contributed by atoms with van der Waals surface area (Å²) in [5.41, 5.74) is -0.151. The number of aromatic nitrogens is 4. The van der Waals surface area contributed by atoms with Gasteiger partial charge in [-0.1, -0.05) is 0 Å². The number of anilines is 3. The van der Waals surface area contributed by atoms with Crippen molar-refractivity contribution in [3.8, 4) is 5.88 Å². The predicted molar refractivity (Wildman–Crippen MR) is 125 cm³/mol. The molecule has 1 fully saturated rings. The topological polar surface area (TPSA) is 105 Å². The number of halogens is 5. The maximum Gasteiger partial charge on any atom is 0.434 e. The van der Waals surface area contributed by atoms with Crippen LogP contribution in [0.15, 0.2) is 30.7 Å². The van der Waals surface area contributed by atoms with Crippen LogP contribution in [0.5, 0.6) is 5.88 Å². The first kappa shape index (κ1) is 26.6. The maximum atomic E-state index is 13.2. The molecule has 0 unspecified atom stereocenters. The van der Waals surface area contributed by atoms with Gasteiger partial charge in [0.2, 0.25) is 5.88 Å². The summed E-state index contributed by atoms with van der Waals surface area (Å²) in [6, 6.07) is 3.15. The molecule has 0 aromatic carbocycles. The molecular weight excluding hydrogens is 521 g/mol. The number of hydrogen-bond acceptors (Lipinski definition) is 9. The lowest BCUT2D eigenvalue weighted by atomic mass is 10.1. The molecule has 4 heterocycles. The van der Waals surface area contributed by atoms with Gasteiger partial charge < -0.3 is 15.4 Å². The number of alkyl halides is 5. The molecule has 2 N–H and O–H groups in total. The number of ether oxygens (including phenoxy) is 1. The lowest BCUT2D eigenvalue weighted by Gasteiger charge is -2.31. The maximum absolute atomic E-state index is 13.2. The fourth-order valence-electron chi connectivity index (χ4n) is 3.49. The molecule has 37 heavy (non-hydrogen) atoms. The van der Waals surface area contributed by atoms with E-state index < -0.39 is 23.7 Å². The number of likely N-dealkylation sites (tertiary alicyclic amines) is 1. The number of carbonyl (C=O) groups is 1. The van der Waals surface area contributed by atoms with Gasteiger partial charge in [-0.05, 0) is 24.5 Å². The average molecular weight is 544 g/mol. The Bertz CT molecular complexity index is 1210. The molecule has 15 heteroatoms. The molecule has 3 aromatic rings. The molecule has 4 rings (SSSR count). The highest BCUT2D eigenvalue weighted by Crippen LogP contribution is 2.30. The number of aryl methyl sites for hydroxylation is 1. The van der Waals surface area contributed by atoms with Crippen molar-refractivity contribution < 1.29 is 31.5 Å². The third-order valence-corrected chi connectivity index (χ3v) is 6.37. The van der Waals surface area contributed by atoms with E-state index in [9.17, 15) is 26.7 Å². The first-order valence-electron chi connectivity index (χ1n) is 11.1. The Labute approximate surface area is 212 Å². The largest absolute Gasteiger partial charge is 0.476 e. The summed E-state index contributed by atoms with van der Waals surface area (Å²) in [6.45, 7) is 3.03. The summed E-state index contributed by atoms with van der Waals surface area (Å²) in [5.74, 6) is -2.76. The second-order valence-corrected chi connectivity index (χ2v) is 9.04. The zero-order valence-electron chi connectivity index (χ0n) is 19.5. The molecule has 9 nitrogen and oxygen atoms in total. The molecule has 0 atom stereocenters. The molecule has 0 radical (unpaired) electrons. The summed E-state index contributed by atoms with van der Waals surface area (Å²) in [4.78, 5) is 26.0. The van der Waals surface area contributed by atoms with E-state index in [1.54, 1.807) is 19.1 Å². The van der Waals surface area contributed by atoms with Gasteiger partial charge in [0.1, 0.15) is 17.4 Å². The highest BCUT2D eigenvalue weighted by molar-refractivity contribution is 7.10. The van der Waals surface area contributed by atoms with E-state index in [1.807, 2.05) is 4.90 Å². The molecule has 1 saturated heterocycles. The van der Waals surface area contributed by atoms with E-state index >= 15 is 0 Å². The van der Waals surface area contributed by atoms with Gasteiger partial charge >= 0.3 is 6.18 Å². The van der Waals surface area contributed by atoms with Gasteiger partial charge in [0.15, 0.2) is 5.69 Å². The number of amides is 1. The highest BCUT2D eigenvalue weighted by Gasteiger charge is 2.34. The van der Waals surface area contributed by atoms with Gasteiger partial charge in [0.25, 0.3) is 11.8 Å². The van der Waals surface area contributed by atoms with Crippen LogP contribution in [0.25, 0.3) is 0 Å².